The van der Waals surface area contributed by atoms with Crippen LogP contribution in [0, 0.1) is 5.82 Å². The smallest absolute Gasteiger partial charge is 0.258 e. The number of anilines is 3. The highest BCUT2D eigenvalue weighted by Crippen LogP contribution is 2.35. The number of sulfonamides is 1. The molecule has 0 aliphatic carbocycles. The number of hydrogen-bond donors (Lipinski definition) is 3. The molecule has 0 bridgehead atoms. The maximum atomic E-state index is 14.4. The predicted octanol–water partition coefficient (Wildman–Crippen LogP) is 3.86. The summed E-state index contributed by atoms with van der Waals surface area (Å²) in [6.07, 6.45) is 1.65. The molecule has 0 radical (unpaired) electrons. The third-order valence-corrected chi connectivity index (χ3v) is 6.71. The van der Waals surface area contributed by atoms with Crippen molar-refractivity contribution in [2.24, 2.45) is 0 Å². The summed E-state index contributed by atoms with van der Waals surface area (Å²) < 4.78 is 41.2. The SMILES string of the molecule is CCCS(=O)(=O)Nc1ccc(F)c(NC(=O)c2csc3c(NOC)ncnc23)c1Cl. The molecule has 0 aliphatic heterocycles. The highest BCUT2D eigenvalue weighted by molar-refractivity contribution is 7.92. The summed E-state index contributed by atoms with van der Waals surface area (Å²) in [7, 11) is -2.23. The quantitative estimate of drug-likeness (QED) is 0.424. The van der Waals surface area contributed by atoms with Crippen molar-refractivity contribution in [3.05, 3.63) is 40.2 Å². The number of fused-ring (bicyclic) bond motifs is 1. The van der Waals surface area contributed by atoms with Gasteiger partial charge in [-0.15, -0.1) is 11.3 Å². The lowest BCUT2D eigenvalue weighted by molar-refractivity contribution is 0.102. The summed E-state index contributed by atoms with van der Waals surface area (Å²) in [4.78, 5) is 25.8. The van der Waals surface area contributed by atoms with Gasteiger partial charge in [0.15, 0.2) is 5.82 Å². The third kappa shape index (κ3) is 4.61. The van der Waals surface area contributed by atoms with E-state index in [-0.39, 0.29) is 27.7 Å². The van der Waals surface area contributed by atoms with Gasteiger partial charge in [-0.3, -0.25) is 14.4 Å². The van der Waals surface area contributed by atoms with Gasteiger partial charge in [-0.2, -0.15) is 0 Å². The Morgan fingerprint density at radius 2 is 2.10 bits per heavy atom. The lowest BCUT2D eigenvalue weighted by Crippen LogP contribution is -2.18. The lowest BCUT2D eigenvalue weighted by Gasteiger charge is -2.13. The van der Waals surface area contributed by atoms with E-state index < -0.39 is 21.7 Å². The maximum Gasteiger partial charge on any atom is 0.258 e. The number of thiophene rings is 1. The van der Waals surface area contributed by atoms with Crippen molar-refractivity contribution >= 4 is 66.3 Å². The molecule has 1 aromatic carbocycles. The molecule has 2 aromatic heterocycles. The van der Waals surface area contributed by atoms with Gasteiger partial charge in [0.05, 0.1) is 45.0 Å². The molecular formula is C17H17ClFN5O4S2. The van der Waals surface area contributed by atoms with Gasteiger partial charge in [0.2, 0.25) is 10.0 Å². The molecule has 0 saturated carbocycles. The Morgan fingerprint density at radius 1 is 1.33 bits per heavy atom. The molecule has 0 unspecified atom stereocenters. The van der Waals surface area contributed by atoms with E-state index in [0.717, 1.165) is 6.07 Å². The van der Waals surface area contributed by atoms with Crippen LogP contribution in [-0.4, -0.2) is 37.2 Å². The van der Waals surface area contributed by atoms with E-state index in [0.29, 0.717) is 22.5 Å². The largest absolute Gasteiger partial charge is 0.318 e. The van der Waals surface area contributed by atoms with Crippen molar-refractivity contribution in [1.29, 1.82) is 0 Å². The molecular weight excluding hydrogens is 457 g/mol. The molecule has 0 saturated heterocycles. The molecule has 13 heteroatoms. The molecule has 1 amide bonds. The van der Waals surface area contributed by atoms with Gasteiger partial charge in [0.1, 0.15) is 12.1 Å². The number of rotatable bonds is 8. The predicted molar refractivity (Wildman–Crippen MR) is 115 cm³/mol. The Hall–Kier alpha value is -2.54. The van der Waals surface area contributed by atoms with Gasteiger partial charge in [0, 0.05) is 5.38 Å². The number of amides is 1. The monoisotopic (exact) mass is 473 g/mol. The van der Waals surface area contributed by atoms with E-state index in [1.807, 2.05) is 0 Å². The summed E-state index contributed by atoms with van der Waals surface area (Å²) in [5.41, 5.74) is 2.72. The summed E-state index contributed by atoms with van der Waals surface area (Å²) in [5, 5.41) is 3.67. The minimum absolute atomic E-state index is 0.0362. The molecule has 0 atom stereocenters. The van der Waals surface area contributed by atoms with Crippen molar-refractivity contribution in [3.63, 3.8) is 0 Å². The summed E-state index contributed by atoms with van der Waals surface area (Å²) in [5.74, 6) is -1.23. The first-order valence-electron chi connectivity index (χ1n) is 8.58. The Labute approximate surface area is 180 Å². The van der Waals surface area contributed by atoms with Gasteiger partial charge in [-0.05, 0) is 18.6 Å². The average Bonchev–Trinajstić information content (AvgIpc) is 3.13. The van der Waals surface area contributed by atoms with Crippen LogP contribution >= 0.6 is 22.9 Å². The van der Waals surface area contributed by atoms with Gasteiger partial charge >= 0.3 is 0 Å². The van der Waals surface area contributed by atoms with Crippen molar-refractivity contribution in [3.8, 4) is 0 Å². The number of aromatic nitrogens is 2. The molecule has 0 spiro atoms. The van der Waals surface area contributed by atoms with Crippen LogP contribution in [0.5, 0.6) is 0 Å². The summed E-state index contributed by atoms with van der Waals surface area (Å²) in [6, 6.07) is 2.20. The Morgan fingerprint density at radius 3 is 2.80 bits per heavy atom. The fraction of sp³-hybridized carbons (Fsp3) is 0.235. The van der Waals surface area contributed by atoms with E-state index in [1.165, 1.54) is 36.2 Å². The van der Waals surface area contributed by atoms with E-state index >= 15 is 0 Å². The second-order valence-corrected chi connectivity index (χ2v) is 9.11. The van der Waals surface area contributed by atoms with E-state index in [4.69, 9.17) is 16.4 Å². The fourth-order valence-electron chi connectivity index (χ4n) is 2.60. The van der Waals surface area contributed by atoms with Crippen molar-refractivity contribution in [1.82, 2.24) is 9.97 Å². The van der Waals surface area contributed by atoms with Crippen LogP contribution in [-0.2, 0) is 14.9 Å². The minimum Gasteiger partial charge on any atom is -0.318 e. The first kappa shape index (κ1) is 22.2. The second kappa shape index (κ2) is 9.08. The molecule has 160 valence electrons. The van der Waals surface area contributed by atoms with Crippen molar-refractivity contribution in [2.75, 3.05) is 28.4 Å². The van der Waals surface area contributed by atoms with Crippen LogP contribution in [0.25, 0.3) is 10.2 Å². The van der Waals surface area contributed by atoms with Crippen LogP contribution in [0.3, 0.4) is 0 Å². The van der Waals surface area contributed by atoms with Gasteiger partial charge in [-0.1, -0.05) is 18.5 Å². The second-order valence-electron chi connectivity index (χ2n) is 6.01. The lowest BCUT2D eigenvalue weighted by atomic mass is 10.2. The molecule has 9 nitrogen and oxygen atoms in total. The van der Waals surface area contributed by atoms with Gasteiger partial charge in [0.25, 0.3) is 5.91 Å². The maximum absolute atomic E-state index is 14.4. The van der Waals surface area contributed by atoms with Crippen LogP contribution in [0.4, 0.5) is 21.6 Å². The average molecular weight is 474 g/mol. The fourth-order valence-corrected chi connectivity index (χ4v) is 4.98. The molecule has 2 heterocycles. The first-order valence-corrected chi connectivity index (χ1v) is 11.5. The topological polar surface area (TPSA) is 122 Å². The zero-order chi connectivity index (χ0) is 21.9. The number of halogens is 2. The number of nitrogens with one attached hydrogen (secondary N) is 3. The number of carbonyl (C=O) groups is 1. The third-order valence-electron chi connectivity index (χ3n) is 3.86. The first-order chi connectivity index (χ1) is 14.3. The molecule has 30 heavy (non-hydrogen) atoms. The molecule has 3 N–H and O–H groups in total. The standard InChI is InChI=1S/C17H17ClFN5O4S2/c1-3-6-30(26,27)24-11-5-4-10(19)14(12(11)18)22-17(25)9-7-29-15-13(9)20-8-21-16(15)23-28-2/h4-5,7-8,24H,3,6H2,1-2H3,(H,22,25)(H,20,21,23). The van der Waals surface area contributed by atoms with Crippen molar-refractivity contribution < 1.29 is 22.4 Å². The van der Waals surface area contributed by atoms with Crippen LogP contribution in [0.1, 0.15) is 23.7 Å². The normalized spacial score (nSPS) is 11.5. The Balaban J connectivity index is 1.93. The number of hydrogen-bond acceptors (Lipinski definition) is 8. The molecule has 3 aromatic rings. The Kier molecular flexibility index (Phi) is 6.71. The highest BCUT2D eigenvalue weighted by Gasteiger charge is 2.21. The van der Waals surface area contributed by atoms with Crippen molar-refractivity contribution in [2.45, 2.75) is 13.3 Å². The molecule has 3 rings (SSSR count). The Bertz CT molecular complexity index is 1200. The van der Waals surface area contributed by atoms with Crippen LogP contribution in [0.15, 0.2) is 23.8 Å². The summed E-state index contributed by atoms with van der Waals surface area (Å²) in [6.45, 7) is 1.71. The zero-order valence-electron chi connectivity index (χ0n) is 15.8. The van der Waals surface area contributed by atoms with Crippen LogP contribution < -0.4 is 15.5 Å². The van der Waals surface area contributed by atoms with Gasteiger partial charge in [-0.25, -0.2) is 28.3 Å². The van der Waals surface area contributed by atoms with E-state index in [1.54, 1.807) is 6.92 Å². The number of carbonyl (C=O) groups excluding carboxylic acids is 1. The number of nitrogens with zero attached hydrogens (tertiary/aromatic N) is 2. The number of benzene rings is 1. The van der Waals surface area contributed by atoms with E-state index in [2.05, 4.69) is 25.5 Å². The zero-order valence-corrected chi connectivity index (χ0v) is 18.2. The van der Waals surface area contributed by atoms with Crippen LogP contribution in [0.2, 0.25) is 5.02 Å². The molecule has 0 aliphatic rings. The van der Waals surface area contributed by atoms with E-state index in [9.17, 15) is 17.6 Å². The van der Waals surface area contributed by atoms with Gasteiger partial charge < -0.3 is 5.32 Å². The molecule has 0 fully saturated rings. The minimum atomic E-state index is -3.65. The summed E-state index contributed by atoms with van der Waals surface area (Å²) >= 11 is 7.38. The highest BCUT2D eigenvalue weighted by atomic mass is 35.5.